The van der Waals surface area contributed by atoms with Crippen molar-refractivity contribution in [3.8, 4) is 11.4 Å². The van der Waals surface area contributed by atoms with Gasteiger partial charge in [0, 0.05) is 36.5 Å². The Morgan fingerprint density at radius 1 is 1.18 bits per heavy atom. The third-order valence-electron chi connectivity index (χ3n) is 5.96. The summed E-state index contributed by atoms with van der Waals surface area (Å²) in [5, 5.41) is 10.9. The molecule has 1 atom stereocenters. The van der Waals surface area contributed by atoms with Crippen molar-refractivity contribution in [3.05, 3.63) is 71.2 Å². The van der Waals surface area contributed by atoms with Crippen LogP contribution in [0, 0.1) is 6.92 Å². The lowest BCUT2D eigenvalue weighted by molar-refractivity contribution is 0.412. The average Bonchev–Trinajstić information content (AvgIpc) is 3.50. The molecule has 10 heteroatoms. The highest BCUT2D eigenvalue weighted by atomic mass is 19.1. The maximum absolute atomic E-state index is 12.9. The second kappa shape index (κ2) is 9.05. The third kappa shape index (κ3) is 4.02. The fraction of sp³-hybridized carbons (Fsp3) is 0.292. The molecule has 2 N–H and O–H groups in total. The van der Waals surface area contributed by atoms with Crippen LogP contribution in [0.15, 0.2) is 42.9 Å². The predicted molar refractivity (Wildman–Crippen MR) is 127 cm³/mol. The number of benzene rings is 1. The number of fused-ring (bicyclic) bond motifs is 1. The van der Waals surface area contributed by atoms with E-state index < -0.39 is 6.67 Å². The Balaban J connectivity index is 1.47. The summed E-state index contributed by atoms with van der Waals surface area (Å²) in [6, 6.07) is 9.37. The number of aryl methyl sites for hydroxylation is 1. The first kappa shape index (κ1) is 21.7. The molecule has 0 amide bonds. The fourth-order valence-electron chi connectivity index (χ4n) is 4.31. The van der Waals surface area contributed by atoms with Gasteiger partial charge in [0.05, 0.1) is 18.5 Å². The van der Waals surface area contributed by atoms with Gasteiger partial charge in [-0.1, -0.05) is 6.07 Å². The van der Waals surface area contributed by atoms with Crippen LogP contribution in [0.2, 0.25) is 0 Å². The number of alkyl halides is 1. The van der Waals surface area contributed by atoms with Gasteiger partial charge in [-0.3, -0.25) is 4.98 Å². The van der Waals surface area contributed by atoms with E-state index in [9.17, 15) is 4.39 Å². The quantitative estimate of drug-likeness (QED) is 0.425. The zero-order valence-electron chi connectivity index (χ0n) is 19.2. The Morgan fingerprint density at radius 3 is 2.74 bits per heavy atom. The number of anilines is 3. The van der Waals surface area contributed by atoms with E-state index in [4.69, 9.17) is 9.72 Å². The molecule has 1 unspecified atom stereocenters. The first-order valence-electron chi connectivity index (χ1n) is 11.0. The number of methoxy groups -OCH3 is 1. The summed E-state index contributed by atoms with van der Waals surface area (Å²) in [6.45, 7) is 1.27. The number of hydrogen-bond donors (Lipinski definition) is 2. The molecule has 34 heavy (non-hydrogen) atoms. The molecule has 0 aliphatic heterocycles. The van der Waals surface area contributed by atoms with Crippen molar-refractivity contribution in [2.75, 3.05) is 24.8 Å². The molecule has 1 aromatic carbocycles. The van der Waals surface area contributed by atoms with Crippen molar-refractivity contribution in [3.63, 3.8) is 0 Å². The lowest BCUT2D eigenvalue weighted by Gasteiger charge is -2.15. The molecule has 3 heterocycles. The number of pyridine rings is 1. The molecule has 4 aromatic rings. The molecule has 0 spiro atoms. The minimum atomic E-state index is -0.569. The number of aromatic nitrogens is 6. The maximum atomic E-state index is 12.9. The van der Waals surface area contributed by atoms with Crippen molar-refractivity contribution >= 4 is 17.5 Å². The summed E-state index contributed by atoms with van der Waals surface area (Å²) in [7, 11) is 3.47. The lowest BCUT2D eigenvalue weighted by Crippen LogP contribution is -2.08. The van der Waals surface area contributed by atoms with Crippen LogP contribution < -0.4 is 15.4 Å². The molecule has 0 radical (unpaired) electrons. The highest BCUT2D eigenvalue weighted by Gasteiger charge is 2.29. The second-order valence-electron chi connectivity index (χ2n) is 8.07. The molecular weight excluding hydrogens is 435 g/mol. The van der Waals surface area contributed by atoms with E-state index in [1.165, 1.54) is 0 Å². The van der Waals surface area contributed by atoms with Crippen LogP contribution in [0.5, 0.6) is 5.75 Å². The predicted octanol–water partition coefficient (Wildman–Crippen LogP) is 4.10. The van der Waals surface area contributed by atoms with Gasteiger partial charge in [-0.2, -0.15) is 10.1 Å². The van der Waals surface area contributed by atoms with Crippen molar-refractivity contribution < 1.29 is 9.13 Å². The Kier molecular flexibility index (Phi) is 5.79. The van der Waals surface area contributed by atoms with Gasteiger partial charge in [-0.25, -0.2) is 19.0 Å². The second-order valence-corrected chi connectivity index (χ2v) is 8.07. The van der Waals surface area contributed by atoms with Gasteiger partial charge < -0.3 is 15.4 Å². The summed E-state index contributed by atoms with van der Waals surface area (Å²) in [6.07, 6.45) is 5.16. The number of nitrogens with one attached hydrogen (secondary N) is 2. The number of ether oxygens (including phenoxy) is 1. The summed E-state index contributed by atoms with van der Waals surface area (Å²) < 4.78 is 20.2. The van der Waals surface area contributed by atoms with Gasteiger partial charge >= 0.3 is 0 Å². The number of hydrogen-bond acceptors (Lipinski definition) is 8. The first-order valence-corrected chi connectivity index (χ1v) is 11.0. The van der Waals surface area contributed by atoms with E-state index >= 15 is 0 Å². The molecule has 1 aliphatic carbocycles. The van der Waals surface area contributed by atoms with Crippen molar-refractivity contribution in [2.24, 2.45) is 0 Å². The summed E-state index contributed by atoms with van der Waals surface area (Å²) in [5.41, 5.74) is 5.07. The van der Waals surface area contributed by atoms with Gasteiger partial charge in [0.2, 0.25) is 5.95 Å². The third-order valence-corrected chi connectivity index (χ3v) is 5.96. The summed E-state index contributed by atoms with van der Waals surface area (Å²) >= 11 is 0. The normalized spacial score (nSPS) is 14.6. The molecule has 0 saturated carbocycles. The molecule has 0 saturated heterocycles. The van der Waals surface area contributed by atoms with E-state index in [-0.39, 0.29) is 5.92 Å². The minimum Gasteiger partial charge on any atom is -0.494 e. The van der Waals surface area contributed by atoms with Crippen LogP contribution in [0.25, 0.3) is 5.69 Å². The molecule has 0 fully saturated rings. The molecule has 174 valence electrons. The number of nitrogens with zero attached hydrogens (tertiary/aromatic N) is 6. The van der Waals surface area contributed by atoms with E-state index in [0.717, 1.165) is 46.9 Å². The number of halogens is 1. The van der Waals surface area contributed by atoms with Crippen LogP contribution in [-0.4, -0.2) is 43.9 Å². The molecule has 5 rings (SSSR count). The van der Waals surface area contributed by atoms with Crippen molar-refractivity contribution in [2.45, 2.75) is 32.4 Å². The summed E-state index contributed by atoms with van der Waals surface area (Å²) in [5.74, 6) is 2.68. The smallest absolute Gasteiger partial charge is 0.229 e. The summed E-state index contributed by atoms with van der Waals surface area (Å²) in [4.78, 5) is 18.0. The maximum Gasteiger partial charge on any atom is 0.229 e. The highest BCUT2D eigenvalue weighted by molar-refractivity contribution is 5.64. The lowest BCUT2D eigenvalue weighted by atomic mass is 9.98. The Labute approximate surface area is 196 Å². The topological polar surface area (TPSA) is 103 Å². The van der Waals surface area contributed by atoms with Gasteiger partial charge in [0.1, 0.15) is 36.1 Å². The standard InChI is InChI=1S/C24H25FN8O/c1-14-28-13-33(32-14)20-9-6-16(10-21(20)34-3)29-24-30-22-18(7-8-19(22)23(26-2)31-24)15-4-5-17(11-25)27-12-15/h4-6,9-10,12-13,18H,7-8,11H2,1-3H3,(H2,26,29,30,31). The highest BCUT2D eigenvalue weighted by Crippen LogP contribution is 2.40. The minimum absolute atomic E-state index is 0.0827. The van der Waals surface area contributed by atoms with Crippen LogP contribution in [0.1, 0.15) is 40.7 Å². The Hall–Kier alpha value is -4.08. The molecular formula is C24H25FN8O. The zero-order valence-corrected chi connectivity index (χ0v) is 19.2. The van der Waals surface area contributed by atoms with E-state index in [1.54, 1.807) is 30.4 Å². The molecule has 3 aromatic heterocycles. The SMILES string of the molecule is CNc1nc(Nc2ccc(-n3cnc(C)n3)c(OC)c2)nc2c1CCC2c1ccc(CF)nc1. The van der Waals surface area contributed by atoms with Gasteiger partial charge in [-0.05, 0) is 43.5 Å². The van der Waals surface area contributed by atoms with Crippen LogP contribution in [0.3, 0.4) is 0 Å². The van der Waals surface area contributed by atoms with Crippen LogP contribution >= 0.6 is 0 Å². The van der Waals surface area contributed by atoms with E-state index in [1.807, 2.05) is 38.2 Å². The monoisotopic (exact) mass is 460 g/mol. The first-order chi connectivity index (χ1) is 16.6. The van der Waals surface area contributed by atoms with E-state index in [2.05, 4.69) is 30.7 Å². The molecule has 9 nitrogen and oxygen atoms in total. The van der Waals surface area contributed by atoms with Gasteiger partial charge in [0.15, 0.2) is 0 Å². The van der Waals surface area contributed by atoms with Crippen molar-refractivity contribution in [1.29, 1.82) is 0 Å². The average molecular weight is 461 g/mol. The molecule has 0 bridgehead atoms. The number of rotatable bonds is 7. The van der Waals surface area contributed by atoms with E-state index in [0.29, 0.717) is 23.2 Å². The van der Waals surface area contributed by atoms with Gasteiger partial charge in [-0.15, -0.1) is 0 Å². The van der Waals surface area contributed by atoms with Gasteiger partial charge in [0.25, 0.3) is 0 Å². The van der Waals surface area contributed by atoms with Crippen LogP contribution in [0.4, 0.5) is 21.8 Å². The Bertz CT molecular complexity index is 1320. The van der Waals surface area contributed by atoms with Crippen molar-refractivity contribution in [1.82, 2.24) is 29.7 Å². The zero-order chi connectivity index (χ0) is 23.7. The molecule has 1 aliphatic rings. The Morgan fingerprint density at radius 2 is 2.06 bits per heavy atom. The fourth-order valence-corrected chi connectivity index (χ4v) is 4.31. The largest absolute Gasteiger partial charge is 0.494 e. The van der Waals surface area contributed by atoms with Crippen LogP contribution in [-0.2, 0) is 13.1 Å².